The fourth-order valence-corrected chi connectivity index (χ4v) is 13.2. The third-order valence-electron chi connectivity index (χ3n) is 12.0. The number of amides is 2. The van der Waals surface area contributed by atoms with E-state index in [4.69, 9.17) is 19.0 Å². The van der Waals surface area contributed by atoms with Crippen LogP contribution < -0.4 is 9.47 Å². The van der Waals surface area contributed by atoms with E-state index in [0.29, 0.717) is 41.1 Å². The minimum Gasteiger partial charge on any atom is -0.504 e. The van der Waals surface area contributed by atoms with E-state index in [1.807, 2.05) is 6.08 Å². The van der Waals surface area contributed by atoms with Gasteiger partial charge in [0.25, 0.3) is 11.8 Å². The number of phenols is 1. The molecule has 4 heterocycles. The second kappa shape index (κ2) is 14.3. The summed E-state index contributed by atoms with van der Waals surface area (Å²) in [6.07, 6.45) is 12.3. The summed E-state index contributed by atoms with van der Waals surface area (Å²) in [4.78, 5) is 47.4. The molecule has 0 radical (unpaired) electrons. The molecule has 12 nitrogen and oxygen atoms in total. The smallest absolute Gasteiger partial charge is 0.331 e. The highest BCUT2D eigenvalue weighted by Crippen LogP contribution is 2.63. The molecule has 2 amide bonds. The quantitative estimate of drug-likeness (QED) is 0.116. The Bertz CT molecular complexity index is 1770. The Hall–Kier alpha value is -3.43. The average molecular weight is 769 g/mol. The molecule has 53 heavy (non-hydrogen) atoms. The highest BCUT2D eigenvalue weighted by atomic mass is 33.1. The fraction of sp³-hybridized carbons (Fsp3) is 0.564. The molecule has 1 saturated carbocycles. The molecule has 1 aromatic carbocycles. The van der Waals surface area contributed by atoms with Gasteiger partial charge in [-0.3, -0.25) is 14.4 Å². The summed E-state index contributed by atoms with van der Waals surface area (Å²) in [5.74, 6) is 1.40. The zero-order valence-corrected chi connectivity index (χ0v) is 32.3. The number of aliphatic hydroxyl groups excluding tert-OH is 1. The molecule has 1 aromatic rings. The van der Waals surface area contributed by atoms with Crippen molar-refractivity contribution in [2.75, 3.05) is 21.3 Å². The van der Waals surface area contributed by atoms with Crippen LogP contribution in [0.2, 0.25) is 0 Å². The van der Waals surface area contributed by atoms with Gasteiger partial charge in [0.1, 0.15) is 23.9 Å². The number of carbonyl (C=O) groups is 3. The van der Waals surface area contributed by atoms with E-state index in [1.165, 1.54) is 68.0 Å². The number of benzene rings is 1. The predicted octanol–water partition coefficient (Wildman–Crippen LogP) is 4.72. The number of piperazine rings is 1. The van der Waals surface area contributed by atoms with Crippen molar-refractivity contribution in [3.63, 3.8) is 0 Å². The number of ether oxygens (including phenoxy) is 3. The van der Waals surface area contributed by atoms with Gasteiger partial charge < -0.3 is 34.4 Å². The van der Waals surface area contributed by atoms with E-state index in [1.54, 1.807) is 18.2 Å². The van der Waals surface area contributed by atoms with E-state index in [2.05, 4.69) is 39.0 Å². The van der Waals surface area contributed by atoms with Gasteiger partial charge >= 0.3 is 5.97 Å². The van der Waals surface area contributed by atoms with Crippen molar-refractivity contribution >= 4 is 39.4 Å². The topological polar surface area (TPSA) is 155 Å². The first-order valence-electron chi connectivity index (χ1n) is 18.1. The molecule has 3 aliphatic carbocycles. The van der Waals surface area contributed by atoms with Crippen LogP contribution in [0.4, 0.5) is 0 Å². The van der Waals surface area contributed by atoms with Crippen molar-refractivity contribution in [1.29, 1.82) is 0 Å². The van der Waals surface area contributed by atoms with Gasteiger partial charge in [-0.15, -0.1) is 0 Å². The number of allylic oxidation sites excluding steroid dienone is 5. The Kier molecular flexibility index (Phi) is 10.2. The van der Waals surface area contributed by atoms with Crippen molar-refractivity contribution in [3.8, 4) is 17.2 Å². The molecular formula is C39H48N2O10S2. The molecule has 2 bridgehead atoms. The lowest BCUT2D eigenvalue weighted by Gasteiger charge is -2.57. The van der Waals surface area contributed by atoms with Crippen molar-refractivity contribution < 1.29 is 48.8 Å². The highest BCUT2D eigenvalue weighted by molar-refractivity contribution is 8.77. The number of methoxy groups -OCH3 is 2. The zero-order chi connectivity index (χ0) is 38.0. The predicted molar refractivity (Wildman–Crippen MR) is 199 cm³/mol. The molecule has 13 atom stereocenters. The molecule has 0 aromatic heterocycles. The summed E-state index contributed by atoms with van der Waals surface area (Å²) < 4.78 is 16.5. The van der Waals surface area contributed by atoms with E-state index in [-0.39, 0.29) is 17.2 Å². The molecule has 0 unspecified atom stereocenters. The first-order chi connectivity index (χ1) is 25.2. The fourth-order valence-electron chi connectivity index (χ4n) is 9.56. The number of aliphatic hydroxyl groups is 2. The second-order valence-electron chi connectivity index (χ2n) is 15.4. The van der Waals surface area contributed by atoms with Crippen LogP contribution in [0.5, 0.6) is 17.2 Å². The minimum absolute atomic E-state index is 0.0782. The standard InChI is InChI=1S/C39H48N2O10S2/c1-20-17-22(3)30-23(18-20)12-11-21(2)24(30)9-7-8-10-29(43)50-28-16-14-26(42)35-38(28,47)19-39-37(46)40(4)31(36(45)41(39)51-35)34(52-53-39)25-13-15-27(48-5)33(49-6)32(25)44/h7-16,20-24,26,28,30-31,34-35,42,44,47H,17-19H2,1-6H3/b9-7+,10-8+/t20-,21-,22+,23-,24-,26+,28+,30-,31+,34-,35-,38-,39+/m0/s1. The Balaban J connectivity index is 1.11. The van der Waals surface area contributed by atoms with Crippen LogP contribution >= 0.6 is 21.6 Å². The monoisotopic (exact) mass is 768 g/mol. The van der Waals surface area contributed by atoms with Gasteiger partial charge in [-0.1, -0.05) is 84.9 Å². The normalized spacial score (nSPS) is 40.6. The molecule has 3 N–H and O–H groups in total. The number of carbonyl (C=O) groups excluding carboxylic acids is 3. The largest absolute Gasteiger partial charge is 0.504 e. The Morgan fingerprint density at radius 3 is 2.57 bits per heavy atom. The number of likely N-dealkylation sites (N-methyl/N-ethyl adjacent to an activating group) is 1. The van der Waals surface area contributed by atoms with Crippen LogP contribution in [0.1, 0.15) is 50.8 Å². The van der Waals surface area contributed by atoms with Crippen molar-refractivity contribution in [2.45, 2.75) is 80.1 Å². The zero-order valence-electron chi connectivity index (χ0n) is 30.7. The number of rotatable bonds is 7. The van der Waals surface area contributed by atoms with Gasteiger partial charge in [0.15, 0.2) is 17.6 Å². The van der Waals surface area contributed by atoms with Gasteiger partial charge in [-0.05, 0) is 60.5 Å². The number of hydrogen-bond acceptors (Lipinski definition) is 12. The van der Waals surface area contributed by atoms with Gasteiger partial charge in [-0.2, -0.15) is 5.06 Å². The highest BCUT2D eigenvalue weighted by Gasteiger charge is 2.71. The van der Waals surface area contributed by atoms with E-state index >= 15 is 0 Å². The molecular weight excluding hydrogens is 721 g/mol. The summed E-state index contributed by atoms with van der Waals surface area (Å²) in [6, 6.07) is 2.10. The summed E-state index contributed by atoms with van der Waals surface area (Å²) in [5, 5.41) is 34.7. The second-order valence-corrected chi connectivity index (χ2v) is 18.0. The lowest BCUT2D eigenvalue weighted by atomic mass is 9.59. The first-order valence-corrected chi connectivity index (χ1v) is 20.4. The Morgan fingerprint density at radius 1 is 1.06 bits per heavy atom. The number of hydrogen-bond donors (Lipinski definition) is 3. The van der Waals surface area contributed by atoms with Crippen LogP contribution in [-0.2, 0) is 24.0 Å². The van der Waals surface area contributed by atoms with Gasteiger partial charge in [0, 0.05) is 25.1 Å². The third kappa shape index (κ3) is 6.18. The molecule has 5 fully saturated rings. The Labute approximate surface area is 317 Å². The summed E-state index contributed by atoms with van der Waals surface area (Å²) in [5.41, 5.74) is -1.77. The molecule has 7 aliphatic rings. The molecule has 286 valence electrons. The number of phenolic OH excluding ortho intramolecular Hbond substituents is 1. The lowest BCUT2D eigenvalue weighted by Crippen LogP contribution is -2.78. The van der Waals surface area contributed by atoms with Gasteiger partial charge in [-0.25, -0.2) is 4.79 Å². The average Bonchev–Trinajstić information content (AvgIpc) is 3.30. The van der Waals surface area contributed by atoms with Crippen LogP contribution in [0, 0.1) is 35.5 Å². The number of esters is 1. The van der Waals surface area contributed by atoms with Crippen molar-refractivity contribution in [3.05, 3.63) is 66.3 Å². The van der Waals surface area contributed by atoms with Crippen LogP contribution in [0.3, 0.4) is 0 Å². The molecule has 4 aliphatic heterocycles. The molecule has 8 rings (SSSR count). The minimum atomic E-state index is -2.10. The first kappa shape index (κ1) is 37.9. The number of fused-ring (bicyclic) bond motifs is 5. The van der Waals surface area contributed by atoms with Gasteiger partial charge in [0.2, 0.25) is 10.6 Å². The van der Waals surface area contributed by atoms with Gasteiger partial charge in [0.05, 0.1) is 19.5 Å². The van der Waals surface area contributed by atoms with Crippen LogP contribution in [0.15, 0.2) is 60.7 Å². The van der Waals surface area contributed by atoms with Crippen LogP contribution in [0.25, 0.3) is 0 Å². The Morgan fingerprint density at radius 2 is 1.83 bits per heavy atom. The van der Waals surface area contributed by atoms with Crippen molar-refractivity contribution in [1.82, 2.24) is 9.96 Å². The number of hydroxylamine groups is 2. The van der Waals surface area contributed by atoms with E-state index < -0.39 is 64.3 Å². The maximum atomic E-state index is 14.3. The lowest BCUT2D eigenvalue weighted by molar-refractivity contribution is -0.330. The van der Waals surface area contributed by atoms with E-state index in [9.17, 15) is 29.7 Å². The number of aromatic hydroxyl groups is 1. The number of nitrogens with zero attached hydrogens (tertiary/aromatic N) is 2. The van der Waals surface area contributed by atoms with Crippen molar-refractivity contribution in [2.24, 2.45) is 35.5 Å². The maximum Gasteiger partial charge on any atom is 0.331 e. The maximum absolute atomic E-state index is 14.3. The summed E-state index contributed by atoms with van der Waals surface area (Å²) >= 11 is 0. The third-order valence-corrected chi connectivity index (χ3v) is 15.4. The molecule has 1 spiro atoms. The van der Waals surface area contributed by atoms with E-state index in [0.717, 1.165) is 15.9 Å². The molecule has 14 heteroatoms. The molecule has 4 saturated heterocycles. The summed E-state index contributed by atoms with van der Waals surface area (Å²) in [6.45, 7) is 6.90. The van der Waals surface area contributed by atoms with Crippen LogP contribution in [-0.4, -0.2) is 99.2 Å². The summed E-state index contributed by atoms with van der Waals surface area (Å²) in [7, 11) is 6.49. The SMILES string of the molecule is COc1ccc([C@@H]2SS[C@@]34C[C@]5(O)[C@H](OC(=O)/C=C/C=C/[C@@H]6[C@H]7[C@H](C)C[C@H](C)C[C@@H]7C=C[C@@H]6C)C=C[C@@H](O)[C@@H]5ON3C(=O)[C@@H]2N(C)C4=O)c(O)c1OC.